The summed E-state index contributed by atoms with van der Waals surface area (Å²) in [4.78, 5) is 29.7. The number of methoxy groups -OCH3 is 1. The van der Waals surface area contributed by atoms with Crippen molar-refractivity contribution in [2.45, 2.75) is 18.9 Å². The number of amides is 2. The summed E-state index contributed by atoms with van der Waals surface area (Å²) in [6.07, 6.45) is 2.42. The van der Waals surface area contributed by atoms with Crippen molar-refractivity contribution in [2.75, 3.05) is 12.0 Å². The number of carbonyl (C=O) groups is 2. The van der Waals surface area contributed by atoms with Crippen molar-refractivity contribution >= 4 is 28.4 Å². The lowest BCUT2D eigenvalue weighted by molar-refractivity contribution is -0.124. The van der Waals surface area contributed by atoms with Crippen LogP contribution in [0.2, 0.25) is 0 Å². The molecule has 2 aromatic carbocycles. The molecular weight excluding hydrogens is 330 g/mol. The quantitative estimate of drug-likeness (QED) is 0.756. The molecule has 0 bridgehead atoms. The Balaban J connectivity index is 1.71. The number of aromatic amines is 1. The Kier molecular flexibility index (Phi) is 3.88. The van der Waals surface area contributed by atoms with E-state index in [0.717, 1.165) is 27.7 Å². The maximum Gasteiger partial charge on any atom is 0.240 e. The molecule has 1 aromatic heterocycles. The zero-order valence-corrected chi connectivity index (χ0v) is 14.4. The first-order valence-corrected chi connectivity index (χ1v) is 8.42. The molecule has 2 amide bonds. The Bertz CT molecular complexity index is 1010. The van der Waals surface area contributed by atoms with Gasteiger partial charge in [-0.3, -0.25) is 14.5 Å². The fourth-order valence-corrected chi connectivity index (χ4v) is 3.70. The van der Waals surface area contributed by atoms with Gasteiger partial charge in [0.2, 0.25) is 11.8 Å². The molecule has 3 aromatic rings. The number of H-pyrrole nitrogens is 1. The molecular formula is C20H19N3O3. The highest BCUT2D eigenvalue weighted by Gasteiger charge is 2.37. The Morgan fingerprint density at radius 3 is 2.81 bits per heavy atom. The van der Waals surface area contributed by atoms with Crippen molar-refractivity contribution in [2.24, 2.45) is 5.73 Å². The standard InChI is InChI=1S/C20H19N3O3/c1-26-17-8-4-6-14-19(17)13(11-22-14)10-18(24)23-15-7-3-2-5-12(15)9-16(23)20(21)25/h2-8,11,16,22H,9-10H2,1H3,(H2,21,25)/t16-/m0/s1. The van der Waals surface area contributed by atoms with Gasteiger partial charge in [-0.05, 0) is 29.3 Å². The second kappa shape index (κ2) is 6.22. The fraction of sp³-hybridized carbons (Fsp3) is 0.200. The molecule has 0 spiro atoms. The van der Waals surface area contributed by atoms with E-state index in [-0.39, 0.29) is 12.3 Å². The van der Waals surface area contributed by atoms with E-state index in [9.17, 15) is 9.59 Å². The number of primary amides is 1. The molecule has 4 rings (SSSR count). The van der Waals surface area contributed by atoms with E-state index in [1.807, 2.05) is 48.7 Å². The fourth-order valence-electron chi connectivity index (χ4n) is 3.70. The lowest BCUT2D eigenvalue weighted by Gasteiger charge is -2.23. The molecule has 0 unspecified atom stereocenters. The SMILES string of the molecule is COc1cccc2[nH]cc(CC(=O)N3c4ccccc4C[C@H]3C(N)=O)c12. The Morgan fingerprint density at radius 1 is 1.23 bits per heavy atom. The van der Waals surface area contributed by atoms with E-state index in [1.165, 1.54) is 4.90 Å². The van der Waals surface area contributed by atoms with Gasteiger partial charge in [0.05, 0.1) is 13.5 Å². The van der Waals surface area contributed by atoms with Crippen LogP contribution in [0.3, 0.4) is 0 Å². The minimum Gasteiger partial charge on any atom is -0.496 e. The summed E-state index contributed by atoms with van der Waals surface area (Å²) >= 11 is 0. The zero-order valence-electron chi connectivity index (χ0n) is 14.4. The first kappa shape index (κ1) is 16.2. The number of carbonyl (C=O) groups excluding carboxylic acids is 2. The van der Waals surface area contributed by atoms with Gasteiger partial charge in [-0.15, -0.1) is 0 Å². The number of hydrogen-bond donors (Lipinski definition) is 2. The largest absolute Gasteiger partial charge is 0.496 e. The molecule has 26 heavy (non-hydrogen) atoms. The maximum absolute atomic E-state index is 13.1. The summed E-state index contributed by atoms with van der Waals surface area (Å²) in [5.41, 5.74) is 9.00. The van der Waals surface area contributed by atoms with Gasteiger partial charge in [0.15, 0.2) is 0 Å². The van der Waals surface area contributed by atoms with E-state index in [2.05, 4.69) is 4.98 Å². The van der Waals surface area contributed by atoms with Crippen molar-refractivity contribution in [1.82, 2.24) is 4.98 Å². The number of para-hydroxylation sites is 1. The molecule has 1 atom stereocenters. The van der Waals surface area contributed by atoms with E-state index < -0.39 is 11.9 Å². The first-order chi connectivity index (χ1) is 12.6. The van der Waals surface area contributed by atoms with Crippen LogP contribution in [0, 0.1) is 0 Å². The van der Waals surface area contributed by atoms with E-state index in [1.54, 1.807) is 7.11 Å². The van der Waals surface area contributed by atoms with Crippen LogP contribution >= 0.6 is 0 Å². The van der Waals surface area contributed by atoms with Crippen molar-refractivity contribution in [3.05, 3.63) is 59.8 Å². The topological polar surface area (TPSA) is 88.4 Å². The van der Waals surface area contributed by atoms with Crippen molar-refractivity contribution in [3.63, 3.8) is 0 Å². The minimum absolute atomic E-state index is 0.151. The second-order valence-corrected chi connectivity index (χ2v) is 6.39. The predicted molar refractivity (Wildman–Crippen MR) is 99.2 cm³/mol. The van der Waals surface area contributed by atoms with Crippen molar-refractivity contribution in [3.8, 4) is 5.75 Å². The number of aromatic nitrogens is 1. The predicted octanol–water partition coefficient (Wildman–Crippen LogP) is 2.16. The number of nitrogens with one attached hydrogen (secondary N) is 1. The normalized spacial score (nSPS) is 15.9. The third kappa shape index (κ3) is 2.50. The van der Waals surface area contributed by atoms with Crippen LogP contribution < -0.4 is 15.4 Å². The van der Waals surface area contributed by atoms with Gasteiger partial charge in [-0.1, -0.05) is 24.3 Å². The van der Waals surface area contributed by atoms with Crippen LogP contribution in [-0.4, -0.2) is 29.9 Å². The number of nitrogens with two attached hydrogens (primary N) is 1. The highest BCUT2D eigenvalue weighted by atomic mass is 16.5. The minimum atomic E-state index is -0.646. The maximum atomic E-state index is 13.1. The molecule has 1 aliphatic rings. The van der Waals surface area contributed by atoms with Crippen molar-refractivity contribution in [1.29, 1.82) is 0 Å². The monoisotopic (exact) mass is 349 g/mol. The number of rotatable bonds is 4. The highest BCUT2D eigenvalue weighted by molar-refractivity contribution is 6.05. The van der Waals surface area contributed by atoms with Crippen molar-refractivity contribution < 1.29 is 14.3 Å². The Labute approximate surface area is 150 Å². The third-order valence-corrected chi connectivity index (χ3v) is 4.88. The van der Waals surface area contributed by atoms with E-state index >= 15 is 0 Å². The lowest BCUT2D eigenvalue weighted by Crippen LogP contribution is -2.46. The summed E-state index contributed by atoms with van der Waals surface area (Å²) in [6.45, 7) is 0. The Hall–Kier alpha value is -3.28. The molecule has 0 fully saturated rings. The molecule has 0 saturated carbocycles. The number of fused-ring (bicyclic) bond motifs is 2. The number of nitrogens with zero attached hydrogens (tertiary/aromatic N) is 1. The summed E-state index contributed by atoms with van der Waals surface area (Å²) in [7, 11) is 1.60. The lowest BCUT2D eigenvalue weighted by atomic mass is 10.1. The van der Waals surface area contributed by atoms with E-state index in [4.69, 9.17) is 10.5 Å². The molecule has 3 N–H and O–H groups in total. The Morgan fingerprint density at radius 2 is 2.04 bits per heavy atom. The van der Waals surface area contributed by atoms with Gasteiger partial charge in [0, 0.05) is 29.2 Å². The molecule has 2 heterocycles. The summed E-state index contributed by atoms with van der Waals surface area (Å²) in [5, 5.41) is 0.881. The van der Waals surface area contributed by atoms with Crippen LogP contribution in [0.4, 0.5) is 5.69 Å². The van der Waals surface area contributed by atoms with Gasteiger partial charge >= 0.3 is 0 Å². The number of benzene rings is 2. The summed E-state index contributed by atoms with van der Waals surface area (Å²) < 4.78 is 5.43. The first-order valence-electron chi connectivity index (χ1n) is 8.42. The molecule has 0 radical (unpaired) electrons. The van der Waals surface area contributed by atoms with Crippen LogP contribution in [0.5, 0.6) is 5.75 Å². The highest BCUT2D eigenvalue weighted by Crippen LogP contribution is 2.34. The second-order valence-electron chi connectivity index (χ2n) is 6.39. The van der Waals surface area contributed by atoms with Crippen LogP contribution in [0.15, 0.2) is 48.7 Å². The molecule has 0 aliphatic carbocycles. The number of ether oxygens (including phenoxy) is 1. The average molecular weight is 349 g/mol. The number of hydrogen-bond acceptors (Lipinski definition) is 3. The van der Waals surface area contributed by atoms with Gasteiger partial charge < -0.3 is 15.5 Å². The van der Waals surface area contributed by atoms with Gasteiger partial charge in [-0.2, -0.15) is 0 Å². The molecule has 6 heteroatoms. The van der Waals surface area contributed by atoms with E-state index in [0.29, 0.717) is 12.2 Å². The number of anilines is 1. The zero-order chi connectivity index (χ0) is 18.3. The van der Waals surface area contributed by atoms with Crippen LogP contribution in [-0.2, 0) is 22.4 Å². The van der Waals surface area contributed by atoms with Crippen LogP contribution in [0.25, 0.3) is 10.9 Å². The van der Waals surface area contributed by atoms with Crippen LogP contribution in [0.1, 0.15) is 11.1 Å². The molecule has 132 valence electrons. The van der Waals surface area contributed by atoms with Gasteiger partial charge in [0.1, 0.15) is 11.8 Å². The smallest absolute Gasteiger partial charge is 0.240 e. The van der Waals surface area contributed by atoms with Gasteiger partial charge in [-0.25, -0.2) is 0 Å². The summed E-state index contributed by atoms with van der Waals surface area (Å²) in [5.74, 6) is 0.0523. The average Bonchev–Trinajstić information content (AvgIpc) is 3.23. The molecule has 6 nitrogen and oxygen atoms in total. The summed E-state index contributed by atoms with van der Waals surface area (Å²) in [6, 6.07) is 12.6. The third-order valence-electron chi connectivity index (χ3n) is 4.88. The van der Waals surface area contributed by atoms with Gasteiger partial charge in [0.25, 0.3) is 0 Å². The molecule has 1 aliphatic heterocycles. The molecule has 0 saturated heterocycles.